The van der Waals surface area contributed by atoms with E-state index in [1.165, 1.54) is 6.42 Å². The molecule has 1 spiro atoms. The molecule has 0 unspecified atom stereocenters. The molecule has 2 heteroatoms. The first kappa shape index (κ1) is 7.63. The van der Waals surface area contributed by atoms with Crippen LogP contribution in [0.4, 0.5) is 0 Å². The second-order valence-electron chi connectivity index (χ2n) is 5.32. The zero-order valence-electron chi connectivity index (χ0n) is 8.11. The van der Waals surface area contributed by atoms with E-state index in [-0.39, 0.29) is 5.60 Å². The van der Waals surface area contributed by atoms with Crippen LogP contribution in [0, 0.1) is 23.7 Å². The predicted molar refractivity (Wildman–Crippen MR) is 50.6 cm³/mol. The van der Waals surface area contributed by atoms with Gasteiger partial charge in [0.2, 0.25) is 0 Å². The third-order valence-corrected chi connectivity index (χ3v) is 4.75. The van der Waals surface area contributed by atoms with Crippen molar-refractivity contribution in [2.45, 2.75) is 24.9 Å². The van der Waals surface area contributed by atoms with Crippen molar-refractivity contribution in [1.29, 1.82) is 0 Å². The summed E-state index contributed by atoms with van der Waals surface area (Å²) in [5.74, 6) is 2.57. The minimum absolute atomic E-state index is 0.142. The van der Waals surface area contributed by atoms with Crippen LogP contribution < -0.4 is 0 Å². The molecule has 0 aromatic carbocycles. The number of carbonyl (C=O) groups excluding carboxylic acids is 1. The van der Waals surface area contributed by atoms with Crippen LogP contribution in [0.25, 0.3) is 0 Å². The maximum absolute atomic E-state index is 11.9. The Balaban J connectivity index is 1.81. The van der Waals surface area contributed by atoms with Crippen LogP contribution in [0.5, 0.6) is 0 Å². The number of hydrogen-bond acceptors (Lipinski definition) is 2. The lowest BCUT2D eigenvalue weighted by Gasteiger charge is -2.36. The topological polar surface area (TPSA) is 29.6 Å². The van der Waals surface area contributed by atoms with E-state index >= 15 is 0 Å². The first-order valence-corrected chi connectivity index (χ1v) is 5.65. The Kier molecular flexibility index (Phi) is 1.16. The maximum Gasteiger partial charge on any atom is 0.137 e. The largest absolute Gasteiger partial charge is 0.369 e. The monoisotopic (exact) mass is 190 g/mol. The van der Waals surface area contributed by atoms with E-state index in [9.17, 15) is 4.79 Å². The SMILES string of the molecule is O=C1CC[C@@]2(CO2)[C@@H]2[C@H]1[C@@H]1C=C[C@H]2C1. The standard InChI is InChI=1S/C12H14O2/c13-9-3-4-12(6-14-12)11-8-2-1-7(5-8)10(9)11/h1-2,7-8,10-11H,3-6H2/t7-,8+,10+,11+,12-/m1/s1. The lowest BCUT2D eigenvalue weighted by atomic mass is 9.66. The highest BCUT2D eigenvalue weighted by Crippen LogP contribution is 2.60. The van der Waals surface area contributed by atoms with Crippen molar-refractivity contribution in [3.8, 4) is 0 Å². The molecule has 0 amide bonds. The number of carbonyl (C=O) groups is 1. The molecule has 0 N–H and O–H groups in total. The average molecular weight is 190 g/mol. The summed E-state index contributed by atoms with van der Waals surface area (Å²) in [6.45, 7) is 0.915. The Hall–Kier alpha value is -0.630. The van der Waals surface area contributed by atoms with Gasteiger partial charge in [-0.15, -0.1) is 0 Å². The molecule has 5 atom stereocenters. The third-order valence-electron chi connectivity index (χ3n) is 4.75. The second kappa shape index (κ2) is 2.13. The molecule has 1 heterocycles. The first-order valence-electron chi connectivity index (χ1n) is 5.65. The van der Waals surface area contributed by atoms with E-state index in [0.717, 1.165) is 19.4 Å². The molecule has 4 aliphatic rings. The third kappa shape index (κ3) is 0.714. The van der Waals surface area contributed by atoms with Gasteiger partial charge in [0.1, 0.15) is 5.78 Å². The van der Waals surface area contributed by atoms with Gasteiger partial charge in [0, 0.05) is 18.3 Å². The van der Waals surface area contributed by atoms with E-state index in [2.05, 4.69) is 12.2 Å². The number of Topliss-reactive ketones (excluding diaryl/α,β-unsaturated/α-hetero) is 1. The van der Waals surface area contributed by atoms with E-state index in [4.69, 9.17) is 4.74 Å². The lowest BCUT2D eigenvalue weighted by Crippen LogP contribution is -2.43. The van der Waals surface area contributed by atoms with Gasteiger partial charge in [-0.2, -0.15) is 0 Å². The van der Waals surface area contributed by atoms with Gasteiger partial charge in [-0.25, -0.2) is 0 Å². The molecule has 14 heavy (non-hydrogen) atoms. The molecule has 1 saturated heterocycles. The summed E-state index contributed by atoms with van der Waals surface area (Å²) in [5.41, 5.74) is 0.142. The van der Waals surface area contributed by atoms with Gasteiger partial charge in [-0.3, -0.25) is 4.79 Å². The summed E-state index contributed by atoms with van der Waals surface area (Å²) in [6, 6.07) is 0. The maximum atomic E-state index is 11.9. The molecule has 1 aliphatic heterocycles. The summed E-state index contributed by atoms with van der Waals surface area (Å²) >= 11 is 0. The molecule has 2 saturated carbocycles. The number of ketones is 1. The van der Waals surface area contributed by atoms with E-state index in [0.29, 0.717) is 29.5 Å². The molecule has 74 valence electrons. The molecular formula is C12H14O2. The van der Waals surface area contributed by atoms with Crippen molar-refractivity contribution in [2.75, 3.05) is 6.61 Å². The second-order valence-corrected chi connectivity index (χ2v) is 5.32. The Labute approximate surface area is 83.3 Å². The fourth-order valence-corrected chi connectivity index (χ4v) is 4.08. The quantitative estimate of drug-likeness (QED) is 0.428. The molecular weight excluding hydrogens is 176 g/mol. The number of allylic oxidation sites excluding steroid dienone is 2. The molecule has 0 aromatic rings. The van der Waals surface area contributed by atoms with Gasteiger partial charge in [0.25, 0.3) is 0 Å². The van der Waals surface area contributed by atoms with Crippen molar-refractivity contribution in [3.63, 3.8) is 0 Å². The van der Waals surface area contributed by atoms with Crippen molar-refractivity contribution in [3.05, 3.63) is 12.2 Å². The molecule has 2 bridgehead atoms. The fourth-order valence-electron chi connectivity index (χ4n) is 4.08. The van der Waals surface area contributed by atoms with Crippen LogP contribution in [0.15, 0.2) is 12.2 Å². The van der Waals surface area contributed by atoms with Crippen LogP contribution in [0.3, 0.4) is 0 Å². The van der Waals surface area contributed by atoms with Crippen LogP contribution in [0.2, 0.25) is 0 Å². The normalized spacial score (nSPS) is 58.1. The van der Waals surface area contributed by atoms with Gasteiger partial charge in [-0.1, -0.05) is 12.2 Å². The van der Waals surface area contributed by atoms with Gasteiger partial charge < -0.3 is 4.74 Å². The summed E-state index contributed by atoms with van der Waals surface area (Å²) in [4.78, 5) is 11.9. The molecule has 2 nitrogen and oxygen atoms in total. The number of ether oxygens (including phenoxy) is 1. The van der Waals surface area contributed by atoms with Crippen molar-refractivity contribution in [1.82, 2.24) is 0 Å². The van der Waals surface area contributed by atoms with Crippen molar-refractivity contribution < 1.29 is 9.53 Å². The zero-order valence-corrected chi connectivity index (χ0v) is 8.11. The number of epoxide rings is 1. The number of rotatable bonds is 0. The predicted octanol–water partition coefficient (Wildman–Crippen LogP) is 1.56. The summed E-state index contributed by atoms with van der Waals surface area (Å²) in [6.07, 6.45) is 7.56. The van der Waals surface area contributed by atoms with Crippen LogP contribution in [-0.4, -0.2) is 18.0 Å². The van der Waals surface area contributed by atoms with E-state index in [1.807, 2.05) is 0 Å². The number of fused-ring (bicyclic) bond motifs is 6. The Morgan fingerprint density at radius 1 is 1.36 bits per heavy atom. The van der Waals surface area contributed by atoms with Crippen LogP contribution >= 0.6 is 0 Å². The van der Waals surface area contributed by atoms with Crippen LogP contribution in [-0.2, 0) is 9.53 Å². The summed E-state index contributed by atoms with van der Waals surface area (Å²) < 4.78 is 5.67. The highest BCUT2D eigenvalue weighted by atomic mass is 16.6. The number of hydrogen-bond donors (Lipinski definition) is 0. The average Bonchev–Trinajstić information content (AvgIpc) is 2.68. The lowest BCUT2D eigenvalue weighted by molar-refractivity contribution is -0.129. The first-order chi connectivity index (χ1) is 6.80. The Bertz CT molecular complexity index is 340. The highest BCUT2D eigenvalue weighted by molar-refractivity contribution is 5.84. The zero-order chi connectivity index (χ0) is 9.34. The van der Waals surface area contributed by atoms with E-state index in [1.54, 1.807) is 0 Å². The Morgan fingerprint density at radius 2 is 2.14 bits per heavy atom. The minimum Gasteiger partial charge on any atom is -0.369 e. The molecule has 4 rings (SSSR count). The van der Waals surface area contributed by atoms with Crippen LogP contribution in [0.1, 0.15) is 19.3 Å². The molecule has 3 fully saturated rings. The van der Waals surface area contributed by atoms with Crippen molar-refractivity contribution in [2.24, 2.45) is 23.7 Å². The minimum atomic E-state index is 0.142. The molecule has 0 radical (unpaired) electrons. The molecule has 3 aliphatic carbocycles. The Morgan fingerprint density at radius 3 is 2.93 bits per heavy atom. The fraction of sp³-hybridized carbons (Fsp3) is 0.750. The van der Waals surface area contributed by atoms with Gasteiger partial charge in [0.05, 0.1) is 12.2 Å². The molecule has 0 aromatic heterocycles. The van der Waals surface area contributed by atoms with Crippen molar-refractivity contribution >= 4 is 5.78 Å². The highest BCUT2D eigenvalue weighted by Gasteiger charge is 2.65. The van der Waals surface area contributed by atoms with Gasteiger partial charge >= 0.3 is 0 Å². The smallest absolute Gasteiger partial charge is 0.137 e. The summed E-state index contributed by atoms with van der Waals surface area (Å²) in [5, 5.41) is 0. The van der Waals surface area contributed by atoms with Gasteiger partial charge in [0.15, 0.2) is 0 Å². The summed E-state index contributed by atoms with van der Waals surface area (Å²) in [7, 11) is 0. The van der Waals surface area contributed by atoms with Gasteiger partial charge in [-0.05, 0) is 24.7 Å². The van der Waals surface area contributed by atoms with E-state index < -0.39 is 0 Å².